The first-order valence-electron chi connectivity index (χ1n) is 24.9. The monoisotopic (exact) mass is 949 g/mol. The van der Waals surface area contributed by atoms with Crippen LogP contribution in [0.2, 0.25) is 0 Å². The van der Waals surface area contributed by atoms with E-state index in [4.69, 9.17) is 19.4 Å². The van der Waals surface area contributed by atoms with Crippen molar-refractivity contribution in [1.29, 1.82) is 0 Å². The van der Waals surface area contributed by atoms with Crippen LogP contribution in [0, 0.1) is 12.7 Å². The molecule has 8 nitrogen and oxygen atoms in total. The zero-order valence-corrected chi connectivity index (χ0v) is 43.7. The highest BCUT2D eigenvalue weighted by Crippen LogP contribution is 2.36. The first kappa shape index (κ1) is 47.8. The van der Waals surface area contributed by atoms with E-state index < -0.39 is 0 Å². The number of ether oxygens (including phenoxy) is 2. The molecule has 0 bridgehead atoms. The summed E-state index contributed by atoms with van der Waals surface area (Å²) in [5.41, 5.74) is 14.2. The first-order valence-corrected chi connectivity index (χ1v) is 24.9. The molecule has 72 heavy (non-hydrogen) atoms. The van der Waals surface area contributed by atoms with Gasteiger partial charge in [-0.05, 0) is 117 Å². The summed E-state index contributed by atoms with van der Waals surface area (Å²) >= 11 is 0. The Morgan fingerprint density at radius 2 is 0.736 bits per heavy atom. The van der Waals surface area contributed by atoms with Crippen molar-refractivity contribution in [2.24, 2.45) is 0 Å². The lowest BCUT2D eigenvalue weighted by atomic mass is 9.86. The Labute approximate surface area is 424 Å². The van der Waals surface area contributed by atoms with E-state index in [-0.39, 0.29) is 21.7 Å². The molecule has 0 fully saturated rings. The van der Waals surface area contributed by atoms with Crippen LogP contribution in [0.4, 0.5) is 0 Å². The third-order valence-electron chi connectivity index (χ3n) is 13.3. The molecule has 4 aromatic heterocycles. The van der Waals surface area contributed by atoms with Crippen LogP contribution in [0.15, 0.2) is 170 Å². The maximum absolute atomic E-state index is 6.75. The fourth-order valence-electron chi connectivity index (χ4n) is 9.02. The molecule has 0 radical (unpaired) electrons. The van der Waals surface area contributed by atoms with Gasteiger partial charge >= 0.3 is 0 Å². The standard InChI is InChI=1S/C64H64N6O2/c1-61(2,3)43-21-25-47(26-22-43)67-41-69(59-19-15-13-17-57(59)67)49-33-45(63(7,8)9)35-53(37-49)71-51-29-31-65-55(39-51)56-40-52(30-32-66-56)72-54-36-46(64(10,11)12)34-50(38-54)70-42-68(58-18-14-16-20-60(58)70)48-27-23-44(24-28-48)62(4,5)6/h13-40H,1-12H3. The number of nitrogens with zero attached hydrogens (tertiary/aromatic N) is 6. The van der Waals surface area contributed by atoms with Crippen LogP contribution in [0.3, 0.4) is 0 Å². The molecule has 362 valence electrons. The van der Waals surface area contributed by atoms with Gasteiger partial charge in [-0.3, -0.25) is 28.2 Å². The normalized spacial score (nSPS) is 12.4. The molecular formula is C64H64N6O2. The molecule has 0 N–H and O–H groups in total. The van der Waals surface area contributed by atoms with Gasteiger partial charge in [0.15, 0.2) is 0 Å². The lowest BCUT2D eigenvalue weighted by Gasteiger charge is -2.22. The van der Waals surface area contributed by atoms with Crippen molar-refractivity contribution in [3.63, 3.8) is 0 Å². The Balaban J connectivity index is 0.957. The third-order valence-corrected chi connectivity index (χ3v) is 13.3. The van der Waals surface area contributed by atoms with Crippen LogP contribution < -0.4 is 18.6 Å². The summed E-state index contributed by atoms with van der Waals surface area (Å²) in [4.78, 5) is 9.52. The van der Waals surface area contributed by atoms with Crippen molar-refractivity contribution in [2.75, 3.05) is 0 Å². The zero-order valence-electron chi connectivity index (χ0n) is 43.7. The molecule has 0 aliphatic heterocycles. The molecule has 0 aliphatic carbocycles. The predicted octanol–water partition coefficient (Wildman–Crippen LogP) is 15.0. The van der Waals surface area contributed by atoms with E-state index in [1.54, 1.807) is 12.4 Å². The third kappa shape index (κ3) is 9.78. The van der Waals surface area contributed by atoms with Crippen molar-refractivity contribution in [3.8, 4) is 57.1 Å². The van der Waals surface area contributed by atoms with Gasteiger partial charge < -0.3 is 9.47 Å². The van der Waals surface area contributed by atoms with E-state index in [0.717, 1.165) is 55.9 Å². The molecule has 0 saturated carbocycles. The van der Waals surface area contributed by atoms with Crippen molar-refractivity contribution >= 4 is 22.1 Å². The molecule has 10 rings (SSSR count). The highest BCUT2D eigenvalue weighted by atomic mass is 16.5. The quantitative estimate of drug-likeness (QED) is 0.107. The summed E-state index contributed by atoms with van der Waals surface area (Å²) in [6.45, 7) is 26.8. The number of para-hydroxylation sites is 4. The number of hydrogen-bond acceptors (Lipinski definition) is 4. The van der Waals surface area contributed by atoms with Crippen molar-refractivity contribution in [1.82, 2.24) is 19.1 Å². The van der Waals surface area contributed by atoms with Gasteiger partial charge in [0.2, 0.25) is 0 Å². The Morgan fingerprint density at radius 1 is 0.375 bits per heavy atom. The molecule has 0 spiro atoms. The average Bonchev–Trinajstić information content (AvgIpc) is 3.93. The van der Waals surface area contributed by atoms with Crippen LogP contribution in [0.1, 0.15) is 105 Å². The minimum Gasteiger partial charge on any atom is -0.458 e. The molecule has 0 amide bonds. The van der Waals surface area contributed by atoms with Crippen molar-refractivity contribution in [2.45, 2.75) is 105 Å². The fraction of sp³-hybridized carbons (Fsp3) is 0.250. The molecule has 8 heteroatoms. The molecule has 4 heterocycles. The number of benzene rings is 6. The second kappa shape index (κ2) is 18.1. The lowest BCUT2D eigenvalue weighted by molar-refractivity contribution is -0.572. The summed E-state index contributed by atoms with van der Waals surface area (Å²) in [6, 6.07) is 54.9. The maximum atomic E-state index is 6.75. The Morgan fingerprint density at radius 3 is 1.10 bits per heavy atom. The van der Waals surface area contributed by atoms with Gasteiger partial charge in [0, 0.05) is 24.5 Å². The highest BCUT2D eigenvalue weighted by molar-refractivity contribution is 5.76. The summed E-state index contributed by atoms with van der Waals surface area (Å²) < 4.78 is 22.0. The summed E-state index contributed by atoms with van der Waals surface area (Å²) in [5.74, 6) is 2.69. The van der Waals surface area contributed by atoms with Crippen LogP contribution in [-0.4, -0.2) is 19.1 Å². The minimum absolute atomic E-state index is 0.0604. The van der Waals surface area contributed by atoms with Gasteiger partial charge in [0.05, 0.1) is 56.2 Å². The van der Waals surface area contributed by atoms with Gasteiger partial charge in [0.25, 0.3) is 12.7 Å². The van der Waals surface area contributed by atoms with E-state index in [0.29, 0.717) is 34.4 Å². The van der Waals surface area contributed by atoms with Crippen molar-refractivity contribution < 1.29 is 18.6 Å². The SMILES string of the molecule is CC(C)(C)c1ccc(-n2[c-][n+](-c3cc(Oc4ccnc(-c5cc(Oc6cc(-[n+]7[c-]n(-c8ccc(C(C)(C)C)cc8)c8ccccc87)cc(C(C)(C)C)c6)ccn5)c4)cc(C(C)(C)C)c3)c3ccccc32)cc1. The smallest absolute Gasteiger partial charge is 0.269 e. The molecule has 0 saturated heterocycles. The van der Waals surface area contributed by atoms with E-state index in [1.165, 1.54) is 11.1 Å². The number of fused-ring (bicyclic) bond motifs is 2. The number of imidazole rings is 2. The zero-order chi connectivity index (χ0) is 50.7. The number of pyridine rings is 2. The van der Waals surface area contributed by atoms with E-state index in [2.05, 4.69) is 247 Å². The summed E-state index contributed by atoms with van der Waals surface area (Å²) in [6.07, 6.45) is 10.9. The van der Waals surface area contributed by atoms with Gasteiger partial charge in [-0.1, -0.05) is 156 Å². The summed E-state index contributed by atoms with van der Waals surface area (Å²) in [7, 11) is 0. The summed E-state index contributed by atoms with van der Waals surface area (Å²) in [5, 5.41) is 0. The van der Waals surface area contributed by atoms with Crippen LogP contribution in [0.25, 0.3) is 56.2 Å². The minimum atomic E-state index is -0.161. The molecule has 6 aromatic carbocycles. The van der Waals surface area contributed by atoms with Crippen molar-refractivity contribution in [3.05, 3.63) is 205 Å². The number of aromatic nitrogens is 6. The van der Waals surface area contributed by atoms with Gasteiger partial charge in [-0.2, -0.15) is 0 Å². The van der Waals surface area contributed by atoms with Crippen LogP contribution in [-0.2, 0) is 21.7 Å². The molecule has 10 aromatic rings. The van der Waals surface area contributed by atoms with E-state index in [9.17, 15) is 0 Å². The van der Waals surface area contributed by atoms with Crippen LogP contribution in [0.5, 0.6) is 23.0 Å². The predicted molar refractivity (Wildman–Crippen MR) is 290 cm³/mol. The maximum Gasteiger partial charge on any atom is 0.269 e. The Hall–Kier alpha value is -7.84. The van der Waals surface area contributed by atoms with E-state index >= 15 is 0 Å². The molecular weight excluding hydrogens is 885 g/mol. The molecule has 0 unspecified atom stereocenters. The highest BCUT2D eigenvalue weighted by Gasteiger charge is 2.23. The second-order valence-corrected chi connectivity index (χ2v) is 23.0. The Bertz CT molecular complexity index is 3370. The van der Waals surface area contributed by atoms with Crippen LogP contribution >= 0.6 is 0 Å². The van der Waals surface area contributed by atoms with Gasteiger partial charge in [0.1, 0.15) is 23.0 Å². The fourth-order valence-corrected chi connectivity index (χ4v) is 9.02. The van der Waals surface area contributed by atoms with E-state index in [1.807, 2.05) is 24.3 Å². The van der Waals surface area contributed by atoms with Gasteiger partial charge in [-0.15, -0.1) is 0 Å². The first-order chi connectivity index (χ1) is 34.2. The second-order valence-electron chi connectivity index (χ2n) is 23.0. The average molecular weight is 949 g/mol. The largest absolute Gasteiger partial charge is 0.458 e. The Kier molecular flexibility index (Phi) is 12.0. The number of rotatable bonds is 9. The lowest BCUT2D eigenvalue weighted by Crippen LogP contribution is -2.30. The topological polar surface area (TPSA) is 61.9 Å². The molecule has 0 atom stereocenters. The molecule has 0 aliphatic rings. The van der Waals surface area contributed by atoms with Gasteiger partial charge in [-0.25, -0.2) is 0 Å². The number of hydrogen-bond donors (Lipinski definition) is 0.